The van der Waals surface area contributed by atoms with E-state index in [9.17, 15) is 4.79 Å². The maximum absolute atomic E-state index is 12.1. The summed E-state index contributed by atoms with van der Waals surface area (Å²) in [5.41, 5.74) is 2.09. The van der Waals surface area contributed by atoms with Gasteiger partial charge in [-0.05, 0) is 36.8 Å². The van der Waals surface area contributed by atoms with Crippen molar-refractivity contribution in [2.75, 3.05) is 5.32 Å². The minimum atomic E-state index is -0.0335. The number of nitrogens with zero attached hydrogens (tertiary/aromatic N) is 1. The Balaban J connectivity index is 1.76. The van der Waals surface area contributed by atoms with Gasteiger partial charge in [-0.2, -0.15) is 5.10 Å². The van der Waals surface area contributed by atoms with Gasteiger partial charge >= 0.3 is 0 Å². The molecule has 0 saturated carbocycles. The molecule has 1 aliphatic carbocycles. The van der Waals surface area contributed by atoms with Crippen LogP contribution in [0.5, 0.6) is 0 Å². The lowest BCUT2D eigenvalue weighted by molar-refractivity contribution is 0.103. The average Bonchev–Trinajstić information content (AvgIpc) is 3.05. The second-order valence-electron chi connectivity index (χ2n) is 5.02. The first kappa shape index (κ1) is 12.4. The predicted octanol–water partition coefficient (Wildman–Crippen LogP) is 3.24. The number of carbonyl (C=O) groups excluding carboxylic acids is 1. The molecule has 1 amide bonds. The first-order chi connectivity index (χ1) is 9.26. The number of hydrogen-bond donors (Lipinski definition) is 2. The molecule has 2 heterocycles. The van der Waals surface area contributed by atoms with Crippen LogP contribution in [0.25, 0.3) is 0 Å². The van der Waals surface area contributed by atoms with Crippen LogP contribution in [0.15, 0.2) is 18.5 Å². The van der Waals surface area contributed by atoms with Crippen molar-refractivity contribution in [2.45, 2.75) is 32.6 Å². The zero-order chi connectivity index (χ0) is 13.2. The number of thiophene rings is 1. The third kappa shape index (κ3) is 2.56. The van der Waals surface area contributed by atoms with E-state index >= 15 is 0 Å². The maximum Gasteiger partial charge on any atom is 0.265 e. The van der Waals surface area contributed by atoms with E-state index in [1.165, 1.54) is 23.3 Å². The van der Waals surface area contributed by atoms with Crippen molar-refractivity contribution in [3.63, 3.8) is 0 Å². The van der Waals surface area contributed by atoms with E-state index in [4.69, 9.17) is 0 Å². The number of anilines is 1. The fourth-order valence-electron chi connectivity index (χ4n) is 2.57. The van der Waals surface area contributed by atoms with Crippen LogP contribution < -0.4 is 5.32 Å². The topological polar surface area (TPSA) is 57.8 Å². The van der Waals surface area contributed by atoms with Crippen molar-refractivity contribution in [1.82, 2.24) is 10.2 Å². The number of rotatable bonds is 3. The molecule has 100 valence electrons. The predicted molar refractivity (Wildman–Crippen MR) is 76.7 cm³/mol. The second-order valence-corrected chi connectivity index (χ2v) is 6.15. The first-order valence-corrected chi connectivity index (χ1v) is 7.49. The van der Waals surface area contributed by atoms with Gasteiger partial charge in [0.2, 0.25) is 0 Å². The van der Waals surface area contributed by atoms with Crippen LogP contribution in [-0.2, 0) is 12.8 Å². The molecule has 1 unspecified atom stereocenters. The summed E-state index contributed by atoms with van der Waals surface area (Å²) in [7, 11) is 0. The number of aryl methyl sites for hydroxylation is 1. The number of hydrogen-bond acceptors (Lipinski definition) is 3. The largest absolute Gasteiger partial charge is 0.319 e. The Morgan fingerprint density at radius 2 is 2.53 bits per heavy atom. The van der Waals surface area contributed by atoms with Gasteiger partial charge in [-0.15, -0.1) is 11.3 Å². The lowest BCUT2D eigenvalue weighted by atomic mass is 9.87. The van der Waals surface area contributed by atoms with E-state index in [1.54, 1.807) is 23.7 Å². The summed E-state index contributed by atoms with van der Waals surface area (Å²) >= 11 is 1.64. The fraction of sp³-hybridized carbons (Fsp3) is 0.429. The highest BCUT2D eigenvalue weighted by molar-refractivity contribution is 7.14. The quantitative estimate of drug-likeness (QED) is 0.903. The summed E-state index contributed by atoms with van der Waals surface area (Å²) in [6.45, 7) is 2.24. The Hall–Kier alpha value is -1.62. The van der Waals surface area contributed by atoms with Gasteiger partial charge in [-0.3, -0.25) is 9.89 Å². The minimum Gasteiger partial charge on any atom is -0.319 e. The van der Waals surface area contributed by atoms with Gasteiger partial charge in [0.1, 0.15) is 0 Å². The third-order valence-electron chi connectivity index (χ3n) is 3.74. The summed E-state index contributed by atoms with van der Waals surface area (Å²) in [6.07, 6.45) is 8.02. The standard InChI is InChI=1S/C14H17N3OS/c1-2-9-3-4-12-10(5-9)6-13(19-12)14(18)17-11-7-15-16-8-11/h6-9H,2-5H2,1H3,(H,15,16)(H,17,18). The Bertz CT molecular complexity index is 574. The first-order valence-electron chi connectivity index (χ1n) is 6.68. The molecule has 19 heavy (non-hydrogen) atoms. The molecule has 0 aliphatic heterocycles. The van der Waals surface area contributed by atoms with Gasteiger partial charge < -0.3 is 5.32 Å². The van der Waals surface area contributed by atoms with Crippen molar-refractivity contribution in [3.05, 3.63) is 33.8 Å². The summed E-state index contributed by atoms with van der Waals surface area (Å²) in [4.78, 5) is 14.3. The third-order valence-corrected chi connectivity index (χ3v) is 4.98. The molecule has 3 rings (SSSR count). The molecule has 0 fully saturated rings. The van der Waals surface area contributed by atoms with Crippen molar-refractivity contribution >= 4 is 22.9 Å². The van der Waals surface area contributed by atoms with E-state index in [2.05, 4.69) is 28.5 Å². The van der Waals surface area contributed by atoms with Gasteiger partial charge in [0, 0.05) is 11.1 Å². The SMILES string of the molecule is CCC1CCc2sc(C(=O)Nc3cn[nH]c3)cc2C1. The van der Waals surface area contributed by atoms with Gasteiger partial charge in [0.05, 0.1) is 16.8 Å². The van der Waals surface area contributed by atoms with E-state index in [-0.39, 0.29) is 5.91 Å². The second kappa shape index (κ2) is 5.17. The highest BCUT2D eigenvalue weighted by atomic mass is 32.1. The Kier molecular flexibility index (Phi) is 3.38. The van der Waals surface area contributed by atoms with Crippen LogP contribution in [0, 0.1) is 5.92 Å². The van der Waals surface area contributed by atoms with Gasteiger partial charge in [0.25, 0.3) is 5.91 Å². The summed E-state index contributed by atoms with van der Waals surface area (Å²) < 4.78 is 0. The molecule has 4 nitrogen and oxygen atoms in total. The van der Waals surface area contributed by atoms with E-state index in [1.807, 2.05) is 0 Å². The number of fused-ring (bicyclic) bond motifs is 1. The Labute approximate surface area is 116 Å². The molecular formula is C14H17N3OS. The lowest BCUT2D eigenvalue weighted by Crippen LogP contribution is -2.11. The zero-order valence-corrected chi connectivity index (χ0v) is 11.7. The number of aromatic nitrogens is 2. The zero-order valence-electron chi connectivity index (χ0n) is 10.9. The maximum atomic E-state index is 12.1. The number of carbonyl (C=O) groups is 1. The van der Waals surface area contributed by atoms with Crippen LogP contribution in [0.2, 0.25) is 0 Å². The minimum absolute atomic E-state index is 0.0335. The fourth-order valence-corrected chi connectivity index (χ4v) is 3.68. The van der Waals surface area contributed by atoms with E-state index in [0.717, 1.165) is 23.6 Å². The number of aromatic amines is 1. The van der Waals surface area contributed by atoms with Gasteiger partial charge in [-0.1, -0.05) is 13.3 Å². The highest BCUT2D eigenvalue weighted by Crippen LogP contribution is 2.33. The number of nitrogens with one attached hydrogen (secondary N) is 2. The molecule has 2 N–H and O–H groups in total. The summed E-state index contributed by atoms with van der Waals surface area (Å²) in [6, 6.07) is 2.07. The average molecular weight is 275 g/mol. The molecule has 0 spiro atoms. The smallest absolute Gasteiger partial charge is 0.265 e. The molecule has 0 radical (unpaired) electrons. The van der Waals surface area contributed by atoms with E-state index < -0.39 is 0 Å². The molecule has 1 atom stereocenters. The lowest BCUT2D eigenvalue weighted by Gasteiger charge is -2.19. The number of H-pyrrole nitrogens is 1. The molecular weight excluding hydrogens is 258 g/mol. The molecule has 0 aromatic carbocycles. The van der Waals surface area contributed by atoms with Crippen molar-refractivity contribution in [1.29, 1.82) is 0 Å². The Morgan fingerprint density at radius 3 is 3.26 bits per heavy atom. The number of amides is 1. The normalized spacial score (nSPS) is 18.1. The van der Waals surface area contributed by atoms with Crippen molar-refractivity contribution in [2.24, 2.45) is 5.92 Å². The molecule has 0 saturated heterocycles. The van der Waals surface area contributed by atoms with Crippen LogP contribution in [-0.4, -0.2) is 16.1 Å². The van der Waals surface area contributed by atoms with Crippen LogP contribution in [0.3, 0.4) is 0 Å². The molecule has 2 aromatic rings. The van der Waals surface area contributed by atoms with Crippen LogP contribution in [0.1, 0.15) is 39.9 Å². The van der Waals surface area contributed by atoms with Crippen molar-refractivity contribution in [3.8, 4) is 0 Å². The monoisotopic (exact) mass is 275 g/mol. The van der Waals surface area contributed by atoms with Gasteiger partial charge in [0.15, 0.2) is 0 Å². The van der Waals surface area contributed by atoms with Crippen molar-refractivity contribution < 1.29 is 4.79 Å². The molecule has 5 heteroatoms. The highest BCUT2D eigenvalue weighted by Gasteiger charge is 2.22. The molecule has 0 bridgehead atoms. The molecule has 1 aliphatic rings. The van der Waals surface area contributed by atoms with Crippen LogP contribution in [0.4, 0.5) is 5.69 Å². The van der Waals surface area contributed by atoms with Gasteiger partial charge in [-0.25, -0.2) is 0 Å². The molecule has 2 aromatic heterocycles. The Morgan fingerprint density at radius 1 is 1.63 bits per heavy atom. The summed E-state index contributed by atoms with van der Waals surface area (Å²) in [5.74, 6) is 0.751. The summed E-state index contributed by atoms with van der Waals surface area (Å²) in [5, 5.41) is 9.36. The van der Waals surface area contributed by atoms with Crippen LogP contribution >= 0.6 is 11.3 Å². The van der Waals surface area contributed by atoms with E-state index in [0.29, 0.717) is 5.69 Å².